The van der Waals surface area contributed by atoms with E-state index in [1.165, 1.54) is 0 Å². The maximum absolute atomic E-state index is 12.6. The largest absolute Gasteiger partial charge is 0.398 e. The van der Waals surface area contributed by atoms with Gasteiger partial charge in [0.2, 0.25) is 0 Å². The summed E-state index contributed by atoms with van der Waals surface area (Å²) >= 11 is 0. The SMILES string of the molecule is CCN1CCC(N(C)C(=O)c2cccc(N)c2C)CC1. The number of carbonyl (C=O) groups excluding carboxylic acids is 1. The minimum absolute atomic E-state index is 0.0877. The second-order valence-corrected chi connectivity index (χ2v) is 5.60. The molecular formula is C16H25N3O. The summed E-state index contributed by atoms with van der Waals surface area (Å²) in [5.74, 6) is 0.0877. The van der Waals surface area contributed by atoms with Gasteiger partial charge in [0.05, 0.1) is 0 Å². The normalized spacial score (nSPS) is 17.1. The van der Waals surface area contributed by atoms with Gasteiger partial charge in [-0.05, 0) is 44.0 Å². The molecule has 0 aromatic heterocycles. The average Bonchev–Trinajstić information content (AvgIpc) is 2.48. The summed E-state index contributed by atoms with van der Waals surface area (Å²) in [4.78, 5) is 17.0. The topological polar surface area (TPSA) is 49.6 Å². The van der Waals surface area contributed by atoms with Gasteiger partial charge in [-0.2, -0.15) is 0 Å². The van der Waals surface area contributed by atoms with Crippen molar-refractivity contribution in [3.63, 3.8) is 0 Å². The van der Waals surface area contributed by atoms with E-state index in [0.717, 1.165) is 43.6 Å². The fraction of sp³-hybridized carbons (Fsp3) is 0.562. The number of anilines is 1. The number of hydrogen-bond acceptors (Lipinski definition) is 3. The molecule has 4 nitrogen and oxygen atoms in total. The Hall–Kier alpha value is -1.55. The van der Waals surface area contributed by atoms with E-state index in [-0.39, 0.29) is 5.91 Å². The molecule has 2 N–H and O–H groups in total. The van der Waals surface area contributed by atoms with Crippen LogP contribution in [0.4, 0.5) is 5.69 Å². The van der Waals surface area contributed by atoms with Crippen LogP contribution in [0.1, 0.15) is 35.7 Å². The number of amides is 1. The van der Waals surface area contributed by atoms with Crippen LogP contribution in [-0.4, -0.2) is 48.4 Å². The van der Waals surface area contributed by atoms with Gasteiger partial charge in [0, 0.05) is 37.4 Å². The summed E-state index contributed by atoms with van der Waals surface area (Å²) < 4.78 is 0. The van der Waals surface area contributed by atoms with Gasteiger partial charge in [-0.1, -0.05) is 13.0 Å². The van der Waals surface area contributed by atoms with E-state index < -0.39 is 0 Å². The molecule has 1 aromatic carbocycles. The summed E-state index contributed by atoms with van der Waals surface area (Å²) in [7, 11) is 1.91. The highest BCUT2D eigenvalue weighted by Gasteiger charge is 2.26. The summed E-state index contributed by atoms with van der Waals surface area (Å²) in [6.07, 6.45) is 2.11. The number of piperidine rings is 1. The van der Waals surface area contributed by atoms with Crippen LogP contribution in [0.3, 0.4) is 0 Å². The summed E-state index contributed by atoms with van der Waals surface area (Å²) in [5.41, 5.74) is 8.19. The number of carbonyl (C=O) groups is 1. The van der Waals surface area contributed by atoms with Crippen molar-refractivity contribution in [1.29, 1.82) is 0 Å². The Morgan fingerprint density at radius 2 is 2.05 bits per heavy atom. The molecule has 1 aromatic rings. The van der Waals surface area contributed by atoms with Crippen LogP contribution in [-0.2, 0) is 0 Å². The maximum atomic E-state index is 12.6. The highest BCUT2D eigenvalue weighted by molar-refractivity contribution is 5.96. The number of nitrogens with zero attached hydrogens (tertiary/aromatic N) is 2. The van der Waals surface area contributed by atoms with Gasteiger partial charge in [0.1, 0.15) is 0 Å². The predicted molar refractivity (Wildman–Crippen MR) is 82.8 cm³/mol. The van der Waals surface area contributed by atoms with Crippen molar-refractivity contribution in [1.82, 2.24) is 9.80 Å². The minimum atomic E-state index is 0.0877. The molecule has 0 saturated carbocycles. The van der Waals surface area contributed by atoms with E-state index >= 15 is 0 Å². The molecule has 4 heteroatoms. The van der Waals surface area contributed by atoms with Crippen molar-refractivity contribution in [2.75, 3.05) is 32.4 Å². The van der Waals surface area contributed by atoms with Crippen LogP contribution in [0, 0.1) is 6.92 Å². The van der Waals surface area contributed by atoms with Gasteiger partial charge >= 0.3 is 0 Å². The molecule has 110 valence electrons. The predicted octanol–water partition coefficient (Wildman–Crippen LogP) is 2.13. The Balaban J connectivity index is 2.07. The molecule has 0 bridgehead atoms. The number of nitrogens with two attached hydrogens (primary N) is 1. The van der Waals surface area contributed by atoms with E-state index in [0.29, 0.717) is 11.7 Å². The highest BCUT2D eigenvalue weighted by atomic mass is 16.2. The second kappa shape index (κ2) is 6.27. The summed E-state index contributed by atoms with van der Waals surface area (Å²) in [6, 6.07) is 5.90. The van der Waals surface area contributed by atoms with E-state index in [9.17, 15) is 4.79 Å². The lowest BCUT2D eigenvalue weighted by Gasteiger charge is -2.36. The molecule has 0 atom stereocenters. The second-order valence-electron chi connectivity index (χ2n) is 5.60. The van der Waals surface area contributed by atoms with Crippen LogP contribution >= 0.6 is 0 Å². The molecule has 0 radical (unpaired) electrons. The van der Waals surface area contributed by atoms with E-state index in [1.54, 1.807) is 0 Å². The number of nitrogen functional groups attached to an aromatic ring is 1. The third-order valence-corrected chi connectivity index (χ3v) is 4.48. The molecule has 2 rings (SSSR count). The van der Waals surface area contributed by atoms with Gasteiger partial charge in [-0.3, -0.25) is 4.79 Å². The van der Waals surface area contributed by atoms with Crippen molar-refractivity contribution >= 4 is 11.6 Å². The Kier molecular flexibility index (Phi) is 4.65. The molecule has 1 saturated heterocycles. The van der Waals surface area contributed by atoms with E-state index in [1.807, 2.05) is 37.1 Å². The quantitative estimate of drug-likeness (QED) is 0.860. The number of hydrogen-bond donors (Lipinski definition) is 1. The summed E-state index contributed by atoms with van der Waals surface area (Å²) in [6.45, 7) is 7.35. The highest BCUT2D eigenvalue weighted by Crippen LogP contribution is 2.21. The Labute approximate surface area is 121 Å². The van der Waals surface area contributed by atoms with Gasteiger partial charge in [-0.15, -0.1) is 0 Å². The lowest BCUT2D eigenvalue weighted by molar-refractivity contribution is 0.0646. The van der Waals surface area contributed by atoms with Crippen LogP contribution in [0.25, 0.3) is 0 Å². The lowest BCUT2D eigenvalue weighted by atomic mass is 10.0. The fourth-order valence-electron chi connectivity index (χ4n) is 2.86. The molecule has 20 heavy (non-hydrogen) atoms. The van der Waals surface area contributed by atoms with Crippen molar-refractivity contribution in [3.8, 4) is 0 Å². The van der Waals surface area contributed by atoms with E-state index in [4.69, 9.17) is 5.73 Å². The van der Waals surface area contributed by atoms with Crippen molar-refractivity contribution in [2.45, 2.75) is 32.7 Å². The number of benzene rings is 1. The van der Waals surface area contributed by atoms with Crippen molar-refractivity contribution < 1.29 is 4.79 Å². The molecule has 1 fully saturated rings. The standard InChI is InChI=1S/C16H25N3O/c1-4-19-10-8-13(9-11-19)18(3)16(20)14-6-5-7-15(17)12(14)2/h5-7,13H,4,8-11,17H2,1-3H3. The first-order valence-corrected chi connectivity index (χ1v) is 7.39. The average molecular weight is 275 g/mol. The molecule has 1 aliphatic rings. The third-order valence-electron chi connectivity index (χ3n) is 4.48. The number of likely N-dealkylation sites (tertiary alicyclic amines) is 1. The van der Waals surface area contributed by atoms with Gasteiger partial charge in [0.15, 0.2) is 0 Å². The zero-order chi connectivity index (χ0) is 14.7. The van der Waals surface area contributed by atoms with Gasteiger partial charge in [0.25, 0.3) is 5.91 Å². The van der Waals surface area contributed by atoms with Crippen molar-refractivity contribution in [2.24, 2.45) is 0 Å². The number of rotatable bonds is 3. The van der Waals surface area contributed by atoms with Crippen LogP contribution in [0.2, 0.25) is 0 Å². The first kappa shape index (κ1) is 14.9. The molecule has 0 unspecified atom stereocenters. The fourth-order valence-corrected chi connectivity index (χ4v) is 2.86. The van der Waals surface area contributed by atoms with Gasteiger partial charge in [-0.25, -0.2) is 0 Å². The Bertz CT molecular complexity index is 479. The molecule has 1 aliphatic heterocycles. The first-order valence-electron chi connectivity index (χ1n) is 7.39. The van der Waals surface area contributed by atoms with Crippen molar-refractivity contribution in [3.05, 3.63) is 29.3 Å². The van der Waals surface area contributed by atoms with E-state index in [2.05, 4.69) is 11.8 Å². The first-order chi connectivity index (χ1) is 9.54. The van der Waals surface area contributed by atoms with Crippen LogP contribution in [0.15, 0.2) is 18.2 Å². The molecule has 1 heterocycles. The van der Waals surface area contributed by atoms with Crippen LogP contribution in [0.5, 0.6) is 0 Å². The Morgan fingerprint density at radius 3 is 2.65 bits per heavy atom. The smallest absolute Gasteiger partial charge is 0.254 e. The molecule has 0 aliphatic carbocycles. The summed E-state index contributed by atoms with van der Waals surface area (Å²) in [5, 5.41) is 0. The maximum Gasteiger partial charge on any atom is 0.254 e. The lowest BCUT2D eigenvalue weighted by Crippen LogP contribution is -2.45. The van der Waals surface area contributed by atoms with Gasteiger partial charge < -0.3 is 15.5 Å². The monoisotopic (exact) mass is 275 g/mol. The molecule has 0 spiro atoms. The molecular weight excluding hydrogens is 250 g/mol. The zero-order valence-corrected chi connectivity index (χ0v) is 12.7. The third kappa shape index (κ3) is 2.96. The molecule has 1 amide bonds. The minimum Gasteiger partial charge on any atom is -0.398 e. The Morgan fingerprint density at radius 1 is 1.40 bits per heavy atom. The zero-order valence-electron chi connectivity index (χ0n) is 12.7. The van der Waals surface area contributed by atoms with Crippen LogP contribution < -0.4 is 5.73 Å².